The highest BCUT2D eigenvalue weighted by atomic mass is 16.5. The number of hydrogen-bond donors (Lipinski definition) is 1. The van der Waals surface area contributed by atoms with Gasteiger partial charge in [0.05, 0.1) is 6.61 Å². The van der Waals surface area contributed by atoms with Gasteiger partial charge in [-0.1, -0.05) is 24.6 Å². The van der Waals surface area contributed by atoms with Crippen LogP contribution in [0.3, 0.4) is 0 Å². The largest absolute Gasteiger partial charge is 0.491 e. The summed E-state index contributed by atoms with van der Waals surface area (Å²) in [5.74, 6) is 0.939. The van der Waals surface area contributed by atoms with Crippen molar-refractivity contribution in [3.05, 3.63) is 29.3 Å². The molecule has 0 aliphatic carbocycles. The standard InChI is InChI=1S/C17H29NO3/c1-5-18-15(3)16-13-14(2)7-8-17(16)21-12-11-20-10-6-9-19-4/h7-8,13,15,18H,5-6,9-12H2,1-4H3. The predicted molar refractivity (Wildman–Crippen MR) is 86.1 cm³/mol. The smallest absolute Gasteiger partial charge is 0.124 e. The molecule has 21 heavy (non-hydrogen) atoms. The summed E-state index contributed by atoms with van der Waals surface area (Å²) >= 11 is 0. The van der Waals surface area contributed by atoms with E-state index in [1.54, 1.807) is 7.11 Å². The third kappa shape index (κ3) is 6.93. The molecule has 0 radical (unpaired) electrons. The van der Waals surface area contributed by atoms with Gasteiger partial charge < -0.3 is 19.5 Å². The zero-order chi connectivity index (χ0) is 15.5. The van der Waals surface area contributed by atoms with Gasteiger partial charge >= 0.3 is 0 Å². The number of benzene rings is 1. The first-order valence-electron chi connectivity index (χ1n) is 7.72. The Morgan fingerprint density at radius 3 is 2.67 bits per heavy atom. The fraction of sp³-hybridized carbons (Fsp3) is 0.647. The van der Waals surface area contributed by atoms with Crippen LogP contribution in [0.4, 0.5) is 0 Å². The lowest BCUT2D eigenvalue weighted by Gasteiger charge is -2.18. The summed E-state index contributed by atoms with van der Waals surface area (Å²) in [5, 5.41) is 3.43. The van der Waals surface area contributed by atoms with Gasteiger partial charge in [-0.25, -0.2) is 0 Å². The maximum absolute atomic E-state index is 5.87. The van der Waals surface area contributed by atoms with Crippen LogP contribution in [-0.4, -0.2) is 40.1 Å². The zero-order valence-corrected chi connectivity index (χ0v) is 13.8. The summed E-state index contributed by atoms with van der Waals surface area (Å²) in [6, 6.07) is 6.59. The van der Waals surface area contributed by atoms with Crippen LogP contribution in [0.2, 0.25) is 0 Å². The number of methoxy groups -OCH3 is 1. The molecule has 1 aromatic rings. The van der Waals surface area contributed by atoms with Crippen molar-refractivity contribution in [1.82, 2.24) is 5.32 Å². The molecule has 1 atom stereocenters. The van der Waals surface area contributed by atoms with Crippen LogP contribution < -0.4 is 10.1 Å². The lowest BCUT2D eigenvalue weighted by atomic mass is 10.0. The van der Waals surface area contributed by atoms with E-state index in [9.17, 15) is 0 Å². The molecule has 120 valence electrons. The van der Waals surface area contributed by atoms with Crippen LogP contribution in [0.15, 0.2) is 18.2 Å². The van der Waals surface area contributed by atoms with E-state index in [0.717, 1.165) is 25.3 Å². The molecule has 0 heterocycles. The molecule has 0 fully saturated rings. The summed E-state index contributed by atoms with van der Waals surface area (Å²) in [6.45, 7) is 9.94. The minimum absolute atomic E-state index is 0.285. The first kappa shape index (κ1) is 18.0. The highest BCUT2D eigenvalue weighted by Crippen LogP contribution is 2.26. The SMILES string of the molecule is CCNC(C)c1cc(C)ccc1OCCOCCCOC. The second kappa shape index (κ2) is 10.6. The van der Waals surface area contributed by atoms with Gasteiger partial charge in [0.1, 0.15) is 12.4 Å². The first-order chi connectivity index (χ1) is 10.2. The van der Waals surface area contributed by atoms with Crippen molar-refractivity contribution >= 4 is 0 Å². The van der Waals surface area contributed by atoms with E-state index in [-0.39, 0.29) is 6.04 Å². The van der Waals surface area contributed by atoms with Gasteiger partial charge in [-0.05, 0) is 32.9 Å². The molecule has 0 amide bonds. The van der Waals surface area contributed by atoms with Crippen LogP contribution in [0.25, 0.3) is 0 Å². The van der Waals surface area contributed by atoms with Gasteiger partial charge in [0.2, 0.25) is 0 Å². The molecule has 1 N–H and O–H groups in total. The number of hydrogen-bond acceptors (Lipinski definition) is 4. The summed E-state index contributed by atoms with van der Waals surface area (Å²) in [5.41, 5.74) is 2.45. The van der Waals surface area contributed by atoms with Crippen molar-refractivity contribution in [2.45, 2.75) is 33.2 Å². The van der Waals surface area contributed by atoms with Crippen molar-refractivity contribution in [1.29, 1.82) is 0 Å². The lowest BCUT2D eigenvalue weighted by Crippen LogP contribution is -2.19. The molecule has 1 rings (SSSR count). The molecule has 4 heteroatoms. The van der Waals surface area contributed by atoms with Gasteiger partial charge in [0, 0.05) is 31.9 Å². The average Bonchev–Trinajstić information content (AvgIpc) is 2.47. The summed E-state index contributed by atoms with van der Waals surface area (Å²) in [4.78, 5) is 0. The van der Waals surface area contributed by atoms with Crippen molar-refractivity contribution in [2.75, 3.05) is 40.1 Å². The van der Waals surface area contributed by atoms with Gasteiger partial charge in [-0.2, -0.15) is 0 Å². The lowest BCUT2D eigenvalue weighted by molar-refractivity contribution is 0.0803. The minimum atomic E-state index is 0.285. The maximum atomic E-state index is 5.87. The van der Waals surface area contributed by atoms with E-state index in [4.69, 9.17) is 14.2 Å². The second-order valence-corrected chi connectivity index (χ2v) is 5.13. The monoisotopic (exact) mass is 295 g/mol. The molecule has 0 aliphatic heterocycles. The number of rotatable bonds is 11. The Balaban J connectivity index is 2.43. The van der Waals surface area contributed by atoms with Crippen LogP contribution >= 0.6 is 0 Å². The molecule has 0 saturated carbocycles. The molecule has 0 aliphatic rings. The van der Waals surface area contributed by atoms with Crippen molar-refractivity contribution in [2.24, 2.45) is 0 Å². The summed E-state index contributed by atoms with van der Waals surface area (Å²) in [7, 11) is 1.70. The normalized spacial score (nSPS) is 12.4. The van der Waals surface area contributed by atoms with E-state index in [2.05, 4.69) is 38.2 Å². The molecular formula is C17H29NO3. The van der Waals surface area contributed by atoms with Gasteiger partial charge in [0.15, 0.2) is 0 Å². The number of ether oxygens (including phenoxy) is 3. The van der Waals surface area contributed by atoms with E-state index in [1.807, 2.05) is 6.07 Å². The van der Waals surface area contributed by atoms with Crippen molar-refractivity contribution in [3.63, 3.8) is 0 Å². The Kier molecular flexibility index (Phi) is 9.06. The van der Waals surface area contributed by atoms with E-state index in [1.165, 1.54) is 11.1 Å². The minimum Gasteiger partial charge on any atom is -0.491 e. The quantitative estimate of drug-likeness (QED) is 0.637. The van der Waals surface area contributed by atoms with Crippen LogP contribution in [-0.2, 0) is 9.47 Å². The van der Waals surface area contributed by atoms with E-state index in [0.29, 0.717) is 19.8 Å². The number of nitrogens with one attached hydrogen (secondary N) is 1. The highest BCUT2D eigenvalue weighted by molar-refractivity contribution is 5.38. The van der Waals surface area contributed by atoms with Gasteiger partial charge in [-0.3, -0.25) is 0 Å². The molecule has 0 aromatic heterocycles. The molecule has 0 bridgehead atoms. The Morgan fingerprint density at radius 2 is 1.95 bits per heavy atom. The third-order valence-electron chi connectivity index (χ3n) is 3.26. The molecular weight excluding hydrogens is 266 g/mol. The van der Waals surface area contributed by atoms with Crippen LogP contribution in [0.5, 0.6) is 5.75 Å². The Labute approximate surface area is 128 Å². The third-order valence-corrected chi connectivity index (χ3v) is 3.26. The zero-order valence-electron chi connectivity index (χ0n) is 13.8. The summed E-state index contributed by atoms with van der Waals surface area (Å²) in [6.07, 6.45) is 0.920. The highest BCUT2D eigenvalue weighted by Gasteiger charge is 2.11. The maximum Gasteiger partial charge on any atom is 0.124 e. The van der Waals surface area contributed by atoms with E-state index < -0.39 is 0 Å². The van der Waals surface area contributed by atoms with Gasteiger partial charge in [0.25, 0.3) is 0 Å². The average molecular weight is 295 g/mol. The summed E-state index contributed by atoms with van der Waals surface area (Å²) < 4.78 is 16.4. The van der Waals surface area contributed by atoms with Crippen LogP contribution in [0, 0.1) is 6.92 Å². The fourth-order valence-electron chi connectivity index (χ4n) is 2.17. The topological polar surface area (TPSA) is 39.7 Å². The van der Waals surface area contributed by atoms with Crippen LogP contribution in [0.1, 0.15) is 37.4 Å². The fourth-order valence-corrected chi connectivity index (χ4v) is 2.17. The Hall–Kier alpha value is -1.10. The molecule has 0 spiro atoms. The van der Waals surface area contributed by atoms with E-state index >= 15 is 0 Å². The molecule has 4 nitrogen and oxygen atoms in total. The van der Waals surface area contributed by atoms with Crippen molar-refractivity contribution in [3.8, 4) is 5.75 Å². The Morgan fingerprint density at radius 1 is 1.14 bits per heavy atom. The van der Waals surface area contributed by atoms with Crippen molar-refractivity contribution < 1.29 is 14.2 Å². The molecule has 1 aromatic carbocycles. The first-order valence-corrected chi connectivity index (χ1v) is 7.72. The van der Waals surface area contributed by atoms with Gasteiger partial charge in [-0.15, -0.1) is 0 Å². The molecule has 1 unspecified atom stereocenters. The second-order valence-electron chi connectivity index (χ2n) is 5.13. The predicted octanol–water partition coefficient (Wildman–Crippen LogP) is 3.10. The number of aryl methyl sites for hydroxylation is 1. The Bertz CT molecular complexity index is 396. The molecule has 0 saturated heterocycles.